The summed E-state index contributed by atoms with van der Waals surface area (Å²) in [4.78, 5) is 6.92. The lowest BCUT2D eigenvalue weighted by molar-refractivity contribution is 0.0906. The number of rotatable bonds is 6. The Labute approximate surface area is 162 Å². The van der Waals surface area contributed by atoms with Crippen LogP contribution in [0.1, 0.15) is 29.9 Å². The third-order valence-corrected chi connectivity index (χ3v) is 5.59. The number of nitrogens with zero attached hydrogens (tertiary/aromatic N) is 2. The average Bonchev–Trinajstić information content (AvgIpc) is 3.35. The Morgan fingerprint density at radius 2 is 1.85 bits per heavy atom. The third-order valence-electron chi connectivity index (χ3n) is 5.59. The van der Waals surface area contributed by atoms with Gasteiger partial charge in [0.15, 0.2) is 5.96 Å². The Morgan fingerprint density at radius 3 is 2.59 bits per heavy atom. The molecule has 4 heteroatoms. The summed E-state index contributed by atoms with van der Waals surface area (Å²) < 4.78 is 5.95. The van der Waals surface area contributed by atoms with Crippen LogP contribution in [0.2, 0.25) is 0 Å². The highest BCUT2D eigenvalue weighted by Crippen LogP contribution is 2.40. The molecule has 4 rings (SSSR count). The van der Waals surface area contributed by atoms with E-state index in [2.05, 4.69) is 69.8 Å². The van der Waals surface area contributed by atoms with Crippen LogP contribution < -0.4 is 5.32 Å². The highest BCUT2D eigenvalue weighted by molar-refractivity contribution is 5.81. The number of guanidine groups is 1. The number of likely N-dealkylation sites (tertiary alicyclic amines) is 1. The van der Waals surface area contributed by atoms with E-state index in [9.17, 15) is 0 Å². The first-order valence-electron chi connectivity index (χ1n) is 9.98. The van der Waals surface area contributed by atoms with E-state index in [1.807, 2.05) is 13.1 Å². The molecule has 1 saturated heterocycles. The van der Waals surface area contributed by atoms with Crippen LogP contribution in [0.25, 0.3) is 0 Å². The van der Waals surface area contributed by atoms with Crippen molar-refractivity contribution in [1.82, 2.24) is 10.2 Å². The van der Waals surface area contributed by atoms with Gasteiger partial charge in [-0.3, -0.25) is 4.99 Å². The first-order chi connectivity index (χ1) is 13.3. The molecule has 2 fully saturated rings. The molecule has 1 saturated carbocycles. The minimum atomic E-state index is 0.513. The number of ether oxygens (including phenoxy) is 1. The van der Waals surface area contributed by atoms with Gasteiger partial charge in [-0.05, 0) is 24.0 Å². The summed E-state index contributed by atoms with van der Waals surface area (Å²) >= 11 is 0. The molecule has 1 aliphatic carbocycles. The van der Waals surface area contributed by atoms with Crippen LogP contribution in [-0.2, 0) is 11.3 Å². The highest BCUT2D eigenvalue weighted by atomic mass is 16.5. The fourth-order valence-electron chi connectivity index (χ4n) is 3.96. The normalized spacial score (nSPS) is 24.9. The van der Waals surface area contributed by atoms with E-state index in [-0.39, 0.29) is 0 Å². The monoisotopic (exact) mass is 363 g/mol. The summed E-state index contributed by atoms with van der Waals surface area (Å²) in [6.07, 6.45) is 2.36. The van der Waals surface area contributed by atoms with Gasteiger partial charge in [0.25, 0.3) is 0 Å². The lowest BCUT2D eigenvalue weighted by Crippen LogP contribution is -2.41. The van der Waals surface area contributed by atoms with Gasteiger partial charge in [0.1, 0.15) is 0 Å². The molecule has 0 spiro atoms. The van der Waals surface area contributed by atoms with Gasteiger partial charge in [-0.25, -0.2) is 0 Å². The number of aliphatic imine (C=N–C) groups is 1. The molecule has 2 aromatic rings. The standard InChI is InChI=1S/C23H29N3O/c1-24-23(25-22-14-21(22)20-10-6-3-7-11-20)26-13-12-19(15-26)17-27-16-18-8-4-2-5-9-18/h2-11,19,21-22H,12-17H2,1H3,(H,24,25). The van der Waals surface area contributed by atoms with Crippen molar-refractivity contribution < 1.29 is 4.74 Å². The molecule has 1 heterocycles. The van der Waals surface area contributed by atoms with E-state index >= 15 is 0 Å². The Bertz CT molecular complexity index is 747. The van der Waals surface area contributed by atoms with Crippen LogP contribution in [0.3, 0.4) is 0 Å². The molecule has 142 valence electrons. The maximum Gasteiger partial charge on any atom is 0.193 e. The first kappa shape index (κ1) is 18.1. The first-order valence-corrected chi connectivity index (χ1v) is 9.98. The maximum atomic E-state index is 5.95. The molecule has 2 aromatic carbocycles. The molecule has 0 aromatic heterocycles. The summed E-state index contributed by atoms with van der Waals surface area (Å²) in [6, 6.07) is 21.7. The third kappa shape index (κ3) is 4.69. The lowest BCUT2D eigenvalue weighted by Gasteiger charge is -2.22. The molecular weight excluding hydrogens is 334 g/mol. The molecule has 27 heavy (non-hydrogen) atoms. The summed E-state index contributed by atoms with van der Waals surface area (Å²) in [5.74, 6) is 2.25. The van der Waals surface area contributed by atoms with Gasteiger partial charge in [-0.15, -0.1) is 0 Å². The summed E-state index contributed by atoms with van der Waals surface area (Å²) in [5.41, 5.74) is 2.67. The Kier molecular flexibility index (Phi) is 5.73. The van der Waals surface area contributed by atoms with E-state index in [0.717, 1.165) is 25.7 Å². The van der Waals surface area contributed by atoms with Crippen molar-refractivity contribution in [3.8, 4) is 0 Å². The molecule has 1 aliphatic heterocycles. The molecule has 2 aliphatic rings. The van der Waals surface area contributed by atoms with Crippen molar-refractivity contribution in [3.05, 3.63) is 71.8 Å². The zero-order valence-corrected chi connectivity index (χ0v) is 16.1. The minimum absolute atomic E-state index is 0.513. The quantitative estimate of drug-likeness (QED) is 0.629. The molecule has 0 bridgehead atoms. The van der Waals surface area contributed by atoms with Crippen molar-refractivity contribution >= 4 is 5.96 Å². The second-order valence-corrected chi connectivity index (χ2v) is 7.65. The highest BCUT2D eigenvalue weighted by Gasteiger charge is 2.40. The van der Waals surface area contributed by atoms with Gasteiger partial charge >= 0.3 is 0 Å². The van der Waals surface area contributed by atoms with Crippen LogP contribution in [0.5, 0.6) is 0 Å². The van der Waals surface area contributed by atoms with Crippen LogP contribution in [0.4, 0.5) is 0 Å². The second kappa shape index (κ2) is 8.57. The van der Waals surface area contributed by atoms with Gasteiger partial charge in [-0.1, -0.05) is 60.7 Å². The van der Waals surface area contributed by atoms with E-state index in [0.29, 0.717) is 24.5 Å². The number of benzene rings is 2. The maximum absolute atomic E-state index is 5.95. The number of nitrogens with one attached hydrogen (secondary N) is 1. The van der Waals surface area contributed by atoms with E-state index in [1.54, 1.807) is 0 Å². The minimum Gasteiger partial charge on any atom is -0.376 e. The van der Waals surface area contributed by atoms with E-state index in [1.165, 1.54) is 24.0 Å². The molecule has 4 nitrogen and oxygen atoms in total. The Hall–Kier alpha value is -2.33. The smallest absolute Gasteiger partial charge is 0.193 e. The Morgan fingerprint density at radius 1 is 1.11 bits per heavy atom. The van der Waals surface area contributed by atoms with Crippen molar-refractivity contribution in [3.63, 3.8) is 0 Å². The molecule has 3 unspecified atom stereocenters. The van der Waals surface area contributed by atoms with E-state index < -0.39 is 0 Å². The summed E-state index contributed by atoms with van der Waals surface area (Å²) in [7, 11) is 1.89. The van der Waals surface area contributed by atoms with Crippen LogP contribution in [0.15, 0.2) is 65.7 Å². The predicted molar refractivity (Wildman–Crippen MR) is 110 cm³/mol. The van der Waals surface area contributed by atoms with Crippen LogP contribution in [-0.4, -0.2) is 43.6 Å². The zero-order chi connectivity index (χ0) is 18.5. The van der Waals surface area contributed by atoms with Crippen molar-refractivity contribution in [2.45, 2.75) is 31.4 Å². The largest absolute Gasteiger partial charge is 0.376 e. The summed E-state index contributed by atoms with van der Waals surface area (Å²) in [6.45, 7) is 3.60. The molecule has 0 amide bonds. The van der Waals surface area contributed by atoms with Crippen LogP contribution >= 0.6 is 0 Å². The van der Waals surface area contributed by atoms with Gasteiger partial charge in [0.05, 0.1) is 13.2 Å². The predicted octanol–water partition coefficient (Wildman–Crippen LogP) is 3.66. The van der Waals surface area contributed by atoms with Crippen molar-refractivity contribution in [1.29, 1.82) is 0 Å². The van der Waals surface area contributed by atoms with Gasteiger partial charge in [0, 0.05) is 38.0 Å². The van der Waals surface area contributed by atoms with Gasteiger partial charge < -0.3 is 15.0 Å². The average molecular weight is 364 g/mol. The van der Waals surface area contributed by atoms with Crippen LogP contribution in [0, 0.1) is 5.92 Å². The number of hydrogen-bond acceptors (Lipinski definition) is 2. The second-order valence-electron chi connectivity index (χ2n) is 7.65. The van der Waals surface area contributed by atoms with E-state index in [4.69, 9.17) is 4.74 Å². The SMILES string of the molecule is CN=C(NC1CC1c1ccccc1)N1CCC(COCc2ccccc2)C1. The molecule has 3 atom stereocenters. The Balaban J connectivity index is 1.22. The molecular formula is C23H29N3O. The lowest BCUT2D eigenvalue weighted by atomic mass is 10.1. The zero-order valence-electron chi connectivity index (χ0n) is 16.1. The van der Waals surface area contributed by atoms with Crippen molar-refractivity contribution in [2.75, 3.05) is 26.7 Å². The fourth-order valence-corrected chi connectivity index (χ4v) is 3.96. The topological polar surface area (TPSA) is 36.9 Å². The van der Waals surface area contributed by atoms with Gasteiger partial charge in [0.2, 0.25) is 0 Å². The number of hydrogen-bond donors (Lipinski definition) is 1. The van der Waals surface area contributed by atoms with Gasteiger partial charge in [-0.2, -0.15) is 0 Å². The van der Waals surface area contributed by atoms with Crippen molar-refractivity contribution in [2.24, 2.45) is 10.9 Å². The molecule has 1 N–H and O–H groups in total. The summed E-state index contributed by atoms with van der Waals surface area (Å²) in [5, 5.41) is 3.67. The fraction of sp³-hybridized carbons (Fsp3) is 0.435. The molecule has 0 radical (unpaired) electrons.